The van der Waals surface area contributed by atoms with Crippen LogP contribution in [0.4, 0.5) is 0 Å². The predicted molar refractivity (Wildman–Crippen MR) is 112 cm³/mol. The molecule has 26 heavy (non-hydrogen) atoms. The van der Waals surface area contributed by atoms with Gasteiger partial charge in [-0.1, -0.05) is 63.3 Å². The lowest BCUT2D eigenvalue weighted by molar-refractivity contribution is 0.407. The maximum absolute atomic E-state index is 11.6. The van der Waals surface area contributed by atoms with Crippen molar-refractivity contribution in [2.75, 3.05) is 12.8 Å². The average molecular weight is 380 g/mol. The molecule has 0 radical (unpaired) electrons. The molecule has 0 amide bonds. The molecule has 0 heterocycles. The van der Waals surface area contributed by atoms with Gasteiger partial charge in [0.25, 0.3) is 0 Å². The highest BCUT2D eigenvalue weighted by atomic mass is 31.2. The van der Waals surface area contributed by atoms with E-state index < -0.39 is 7.37 Å². The summed E-state index contributed by atoms with van der Waals surface area (Å²) in [7, 11) is -2.96. The van der Waals surface area contributed by atoms with Crippen molar-refractivity contribution in [1.29, 1.82) is 0 Å². The average Bonchev–Trinajstić information content (AvgIpc) is 2.99. The zero-order valence-electron chi connectivity index (χ0n) is 16.8. The van der Waals surface area contributed by atoms with Crippen LogP contribution in [0.2, 0.25) is 0 Å². The van der Waals surface area contributed by atoms with Gasteiger partial charge in [0.1, 0.15) is 0 Å². The molecular formula is C22H38NO2P. The first-order chi connectivity index (χ1) is 12.3. The largest absolute Gasteiger partial charge is 0.344 e. The Morgan fingerprint density at radius 3 is 2.46 bits per heavy atom. The van der Waals surface area contributed by atoms with Gasteiger partial charge in [-0.2, -0.15) is 0 Å². The van der Waals surface area contributed by atoms with Gasteiger partial charge in [0.05, 0.1) is 0 Å². The molecule has 3 nitrogen and oxygen atoms in total. The second-order valence-electron chi connectivity index (χ2n) is 8.59. The number of unbranched alkanes of at least 4 members (excludes halogenated alkanes) is 5. The molecule has 0 spiro atoms. The van der Waals surface area contributed by atoms with Crippen LogP contribution in [0, 0.1) is 0 Å². The molecule has 1 aliphatic carbocycles. The Hall–Kier alpha value is -0.630. The van der Waals surface area contributed by atoms with E-state index in [0.29, 0.717) is 18.5 Å². The number of hydrogen-bond donors (Lipinski definition) is 2. The molecule has 1 aromatic carbocycles. The molecule has 1 fully saturated rings. The third kappa shape index (κ3) is 7.55. The Morgan fingerprint density at radius 1 is 1.15 bits per heavy atom. The molecule has 1 aliphatic rings. The van der Waals surface area contributed by atoms with E-state index in [1.807, 2.05) is 0 Å². The van der Waals surface area contributed by atoms with E-state index in [1.54, 1.807) is 0 Å². The molecule has 148 valence electrons. The summed E-state index contributed by atoms with van der Waals surface area (Å²) >= 11 is 0. The van der Waals surface area contributed by atoms with Gasteiger partial charge in [-0.25, -0.2) is 0 Å². The van der Waals surface area contributed by atoms with Crippen LogP contribution >= 0.6 is 7.37 Å². The fourth-order valence-corrected chi connectivity index (χ4v) is 5.02. The summed E-state index contributed by atoms with van der Waals surface area (Å²) in [5, 5.41) is 0. The molecule has 3 atom stereocenters. The maximum atomic E-state index is 11.6. The van der Waals surface area contributed by atoms with Crippen molar-refractivity contribution in [3.05, 3.63) is 35.4 Å². The van der Waals surface area contributed by atoms with Gasteiger partial charge in [-0.15, -0.1) is 0 Å². The third-order valence-electron chi connectivity index (χ3n) is 5.94. The first kappa shape index (κ1) is 21.7. The Labute approximate surface area is 160 Å². The standard InChI is InChI=1S/C22H38NO2P/c1-3-4-5-6-7-8-9-19-10-12-20(13-11-19)21-14-15-22(23,18-21)16-17-26(2,24)25/h10-13,21H,3-9,14-18,23H2,1-2H3,(H,24,25)/t21-,22-/m0/s1. The van der Waals surface area contributed by atoms with Crippen LogP contribution in [-0.4, -0.2) is 23.3 Å². The van der Waals surface area contributed by atoms with Crippen LogP contribution in [0.25, 0.3) is 0 Å². The zero-order chi connectivity index (χ0) is 19.0. The van der Waals surface area contributed by atoms with Crippen LogP contribution in [0.5, 0.6) is 0 Å². The van der Waals surface area contributed by atoms with Gasteiger partial charge in [0, 0.05) is 18.4 Å². The molecular weight excluding hydrogens is 341 g/mol. The molecule has 0 saturated heterocycles. The van der Waals surface area contributed by atoms with Crippen LogP contribution in [-0.2, 0) is 11.0 Å². The highest BCUT2D eigenvalue weighted by molar-refractivity contribution is 7.57. The monoisotopic (exact) mass is 379 g/mol. The first-order valence-corrected chi connectivity index (χ1v) is 12.8. The summed E-state index contributed by atoms with van der Waals surface area (Å²) in [6, 6.07) is 9.12. The molecule has 1 unspecified atom stereocenters. The minimum Gasteiger partial charge on any atom is -0.344 e. The summed E-state index contributed by atoms with van der Waals surface area (Å²) in [5.41, 5.74) is 9.06. The lowest BCUT2D eigenvalue weighted by Gasteiger charge is -2.25. The van der Waals surface area contributed by atoms with Crippen LogP contribution < -0.4 is 5.73 Å². The lowest BCUT2D eigenvalue weighted by atomic mass is 9.90. The summed E-state index contributed by atoms with van der Waals surface area (Å²) in [6.45, 7) is 3.70. The number of aryl methyl sites for hydroxylation is 1. The quantitative estimate of drug-likeness (QED) is 0.375. The summed E-state index contributed by atoms with van der Waals surface area (Å²) in [4.78, 5) is 9.54. The normalized spacial score (nSPS) is 25.3. The Bertz CT molecular complexity index is 580. The molecule has 3 N–H and O–H groups in total. The molecule has 1 saturated carbocycles. The van der Waals surface area contributed by atoms with Crippen molar-refractivity contribution in [2.24, 2.45) is 5.73 Å². The van der Waals surface area contributed by atoms with E-state index in [4.69, 9.17) is 5.73 Å². The van der Waals surface area contributed by atoms with Crippen molar-refractivity contribution in [3.63, 3.8) is 0 Å². The van der Waals surface area contributed by atoms with E-state index in [9.17, 15) is 9.46 Å². The van der Waals surface area contributed by atoms with Gasteiger partial charge in [0.2, 0.25) is 0 Å². The SMILES string of the molecule is CCCCCCCCc1ccc([C@H]2CC[C@](N)(CCP(C)(=O)O)C2)cc1. The highest BCUT2D eigenvalue weighted by Gasteiger charge is 2.37. The number of benzene rings is 1. The molecule has 0 bridgehead atoms. The van der Waals surface area contributed by atoms with Gasteiger partial charge in [0.15, 0.2) is 7.37 Å². The minimum atomic E-state index is -2.96. The Kier molecular flexibility index (Phi) is 8.39. The van der Waals surface area contributed by atoms with Crippen LogP contribution in [0.1, 0.15) is 88.2 Å². The fourth-order valence-electron chi connectivity index (χ4n) is 4.16. The van der Waals surface area contributed by atoms with E-state index in [-0.39, 0.29) is 5.54 Å². The van der Waals surface area contributed by atoms with Crippen molar-refractivity contribution in [2.45, 2.75) is 89.0 Å². The zero-order valence-corrected chi connectivity index (χ0v) is 17.6. The maximum Gasteiger partial charge on any atom is 0.197 e. The van der Waals surface area contributed by atoms with E-state index in [2.05, 4.69) is 31.2 Å². The van der Waals surface area contributed by atoms with E-state index in [1.165, 1.54) is 62.7 Å². The first-order valence-electron chi connectivity index (χ1n) is 10.5. The molecule has 0 aromatic heterocycles. The summed E-state index contributed by atoms with van der Waals surface area (Å²) in [6.07, 6.45) is 13.2. The van der Waals surface area contributed by atoms with Gasteiger partial charge >= 0.3 is 0 Å². The molecule has 1 aromatic rings. The molecule has 2 rings (SSSR count). The Morgan fingerprint density at radius 2 is 1.81 bits per heavy atom. The summed E-state index contributed by atoms with van der Waals surface area (Å²) < 4.78 is 11.6. The highest BCUT2D eigenvalue weighted by Crippen LogP contribution is 2.45. The second kappa shape index (κ2) is 10.1. The van der Waals surface area contributed by atoms with Crippen molar-refractivity contribution in [3.8, 4) is 0 Å². The van der Waals surface area contributed by atoms with Gasteiger partial charge in [-0.05, 0) is 55.6 Å². The van der Waals surface area contributed by atoms with E-state index in [0.717, 1.165) is 19.3 Å². The van der Waals surface area contributed by atoms with Crippen molar-refractivity contribution >= 4 is 7.37 Å². The van der Waals surface area contributed by atoms with E-state index >= 15 is 0 Å². The minimum absolute atomic E-state index is 0.268. The van der Waals surface area contributed by atoms with Crippen molar-refractivity contribution < 1.29 is 9.46 Å². The summed E-state index contributed by atoms with van der Waals surface area (Å²) in [5.74, 6) is 0.498. The number of rotatable bonds is 11. The lowest BCUT2D eigenvalue weighted by Crippen LogP contribution is -2.37. The van der Waals surface area contributed by atoms with Gasteiger partial charge < -0.3 is 10.6 Å². The number of hydrogen-bond acceptors (Lipinski definition) is 2. The predicted octanol–water partition coefficient (Wildman–Crippen LogP) is 5.84. The second-order valence-corrected chi connectivity index (χ2v) is 11.1. The topological polar surface area (TPSA) is 63.3 Å². The van der Waals surface area contributed by atoms with Crippen molar-refractivity contribution in [1.82, 2.24) is 0 Å². The van der Waals surface area contributed by atoms with Gasteiger partial charge in [-0.3, -0.25) is 4.57 Å². The molecule has 0 aliphatic heterocycles. The van der Waals surface area contributed by atoms with Crippen LogP contribution in [0.15, 0.2) is 24.3 Å². The number of nitrogens with two attached hydrogens (primary N) is 1. The fraction of sp³-hybridized carbons (Fsp3) is 0.727. The Balaban J connectivity index is 1.77. The third-order valence-corrected chi connectivity index (χ3v) is 6.99. The smallest absolute Gasteiger partial charge is 0.197 e. The van der Waals surface area contributed by atoms with Crippen LogP contribution in [0.3, 0.4) is 0 Å². The molecule has 4 heteroatoms.